The predicted octanol–water partition coefficient (Wildman–Crippen LogP) is 6.81. The molecule has 0 amide bonds. The number of hydrogen-bond acceptors (Lipinski definition) is 4. The Balaban J connectivity index is 1.35. The van der Waals surface area contributed by atoms with Crippen molar-refractivity contribution in [2.24, 2.45) is 11.8 Å². The Labute approximate surface area is 191 Å². The van der Waals surface area contributed by atoms with Crippen LogP contribution in [0.4, 0.5) is 4.39 Å². The highest BCUT2D eigenvalue weighted by molar-refractivity contribution is 5.65. The highest BCUT2D eigenvalue weighted by Gasteiger charge is 2.25. The van der Waals surface area contributed by atoms with Crippen LogP contribution in [0.15, 0.2) is 42.5 Å². The summed E-state index contributed by atoms with van der Waals surface area (Å²) in [4.78, 5) is 0. The summed E-state index contributed by atoms with van der Waals surface area (Å²) in [5.74, 6) is 0.618. The Morgan fingerprint density at radius 2 is 1.34 bits per heavy atom. The first kappa shape index (κ1) is 23.4. The SMILES string of the molecule is CCCCCC1COC(c2ccc(-c3ccc(C4OCC(CC)CO4)cc3F)cc2)OC1. The maximum Gasteiger partial charge on any atom is 0.183 e. The van der Waals surface area contributed by atoms with Gasteiger partial charge in [-0.15, -0.1) is 0 Å². The lowest BCUT2D eigenvalue weighted by atomic mass is 10.00. The monoisotopic (exact) mass is 442 g/mol. The van der Waals surface area contributed by atoms with Gasteiger partial charge >= 0.3 is 0 Å². The maximum atomic E-state index is 14.9. The van der Waals surface area contributed by atoms with Crippen LogP contribution in [0.1, 0.15) is 69.7 Å². The number of ether oxygens (including phenoxy) is 4. The molecule has 0 saturated carbocycles. The standard InChI is InChI=1S/C27H35FO4/c1-3-5-6-7-20-17-31-26(32-18-20)22-10-8-21(9-11-22)24-13-12-23(14-25(24)28)27-29-15-19(4-2)16-30-27/h8-14,19-20,26-27H,3-7,15-18H2,1-2H3. The van der Waals surface area contributed by atoms with Crippen molar-refractivity contribution in [1.29, 1.82) is 0 Å². The molecular formula is C27H35FO4. The van der Waals surface area contributed by atoms with E-state index in [0.717, 1.165) is 42.7 Å². The third-order valence-electron chi connectivity index (χ3n) is 6.49. The molecule has 0 unspecified atom stereocenters. The molecule has 32 heavy (non-hydrogen) atoms. The van der Waals surface area contributed by atoms with Gasteiger partial charge in [-0.3, -0.25) is 0 Å². The molecule has 0 spiro atoms. The molecule has 2 aliphatic rings. The Morgan fingerprint density at radius 3 is 1.94 bits per heavy atom. The molecule has 2 aliphatic heterocycles. The lowest BCUT2D eigenvalue weighted by Crippen LogP contribution is -2.27. The fourth-order valence-electron chi connectivity index (χ4n) is 4.29. The lowest BCUT2D eigenvalue weighted by Gasteiger charge is -2.30. The highest BCUT2D eigenvalue weighted by Crippen LogP contribution is 2.32. The van der Waals surface area contributed by atoms with E-state index in [-0.39, 0.29) is 12.1 Å². The fraction of sp³-hybridized carbons (Fsp3) is 0.556. The van der Waals surface area contributed by atoms with Crippen LogP contribution >= 0.6 is 0 Å². The molecule has 0 aromatic heterocycles. The topological polar surface area (TPSA) is 36.9 Å². The third-order valence-corrected chi connectivity index (χ3v) is 6.49. The van der Waals surface area contributed by atoms with Crippen molar-refractivity contribution in [2.45, 2.75) is 58.5 Å². The van der Waals surface area contributed by atoms with Crippen LogP contribution in [0.25, 0.3) is 11.1 Å². The van der Waals surface area contributed by atoms with E-state index < -0.39 is 6.29 Å². The number of halogens is 1. The molecule has 4 nitrogen and oxygen atoms in total. The van der Waals surface area contributed by atoms with Gasteiger partial charge in [0.1, 0.15) is 5.82 Å². The number of rotatable bonds is 8. The van der Waals surface area contributed by atoms with Gasteiger partial charge in [0.05, 0.1) is 26.4 Å². The third kappa shape index (κ3) is 5.76. The summed E-state index contributed by atoms with van der Waals surface area (Å²) < 4.78 is 38.3. The Hall–Kier alpha value is -1.79. The van der Waals surface area contributed by atoms with Gasteiger partial charge in [0.25, 0.3) is 0 Å². The summed E-state index contributed by atoms with van der Waals surface area (Å²) in [7, 11) is 0. The molecule has 2 aromatic carbocycles. The Kier molecular flexibility index (Phi) is 8.31. The summed E-state index contributed by atoms with van der Waals surface area (Å²) in [6, 6.07) is 13.0. The van der Waals surface area contributed by atoms with Crippen LogP contribution in [0.2, 0.25) is 0 Å². The van der Waals surface area contributed by atoms with Crippen molar-refractivity contribution in [3.05, 3.63) is 59.4 Å². The van der Waals surface area contributed by atoms with Gasteiger partial charge in [-0.05, 0) is 24.5 Å². The van der Waals surface area contributed by atoms with Crippen molar-refractivity contribution in [1.82, 2.24) is 0 Å². The summed E-state index contributed by atoms with van der Waals surface area (Å²) >= 11 is 0. The fourth-order valence-corrected chi connectivity index (χ4v) is 4.29. The number of hydrogen-bond donors (Lipinski definition) is 0. The molecule has 0 aliphatic carbocycles. The van der Waals surface area contributed by atoms with Gasteiger partial charge in [0, 0.05) is 28.5 Å². The molecular weight excluding hydrogens is 407 g/mol. The van der Waals surface area contributed by atoms with Gasteiger partial charge in [0.2, 0.25) is 0 Å². The average Bonchev–Trinajstić information content (AvgIpc) is 2.85. The smallest absolute Gasteiger partial charge is 0.183 e. The molecule has 2 saturated heterocycles. The van der Waals surface area contributed by atoms with Crippen molar-refractivity contribution in [3.63, 3.8) is 0 Å². The van der Waals surface area contributed by atoms with Gasteiger partial charge in [-0.25, -0.2) is 4.39 Å². The molecule has 2 aromatic rings. The van der Waals surface area contributed by atoms with Crippen molar-refractivity contribution in [3.8, 4) is 11.1 Å². The van der Waals surface area contributed by atoms with Crippen LogP contribution in [-0.4, -0.2) is 26.4 Å². The first-order valence-corrected chi connectivity index (χ1v) is 12.0. The average molecular weight is 443 g/mol. The second kappa shape index (κ2) is 11.4. The van der Waals surface area contributed by atoms with E-state index in [9.17, 15) is 4.39 Å². The minimum absolute atomic E-state index is 0.278. The van der Waals surface area contributed by atoms with Crippen molar-refractivity contribution < 1.29 is 23.3 Å². The molecule has 0 radical (unpaired) electrons. The van der Waals surface area contributed by atoms with E-state index in [4.69, 9.17) is 18.9 Å². The van der Waals surface area contributed by atoms with Gasteiger partial charge in [-0.2, -0.15) is 0 Å². The van der Waals surface area contributed by atoms with E-state index in [1.165, 1.54) is 25.3 Å². The van der Waals surface area contributed by atoms with Crippen molar-refractivity contribution in [2.75, 3.05) is 26.4 Å². The van der Waals surface area contributed by atoms with Gasteiger partial charge in [-0.1, -0.05) is 69.5 Å². The van der Waals surface area contributed by atoms with E-state index in [1.54, 1.807) is 6.07 Å². The lowest BCUT2D eigenvalue weighted by molar-refractivity contribution is -0.206. The minimum Gasteiger partial charge on any atom is -0.348 e. The molecule has 0 atom stereocenters. The predicted molar refractivity (Wildman–Crippen MR) is 123 cm³/mol. The molecule has 5 heteroatoms. The zero-order valence-electron chi connectivity index (χ0n) is 19.2. The van der Waals surface area contributed by atoms with Crippen LogP contribution in [-0.2, 0) is 18.9 Å². The van der Waals surface area contributed by atoms with Gasteiger partial charge in [0.15, 0.2) is 12.6 Å². The Morgan fingerprint density at radius 1 is 0.750 bits per heavy atom. The molecule has 2 fully saturated rings. The number of benzene rings is 2. The highest BCUT2D eigenvalue weighted by atomic mass is 19.1. The van der Waals surface area contributed by atoms with E-state index in [2.05, 4.69) is 13.8 Å². The minimum atomic E-state index is -0.491. The molecule has 0 bridgehead atoms. The van der Waals surface area contributed by atoms with E-state index >= 15 is 0 Å². The molecule has 0 N–H and O–H groups in total. The van der Waals surface area contributed by atoms with Crippen LogP contribution in [0, 0.1) is 17.7 Å². The number of unbranched alkanes of at least 4 members (excludes halogenated alkanes) is 2. The van der Waals surface area contributed by atoms with E-state index in [1.807, 2.05) is 30.3 Å². The summed E-state index contributed by atoms with van der Waals surface area (Å²) in [6.45, 7) is 7.10. The summed E-state index contributed by atoms with van der Waals surface area (Å²) in [5.41, 5.74) is 3.06. The van der Waals surface area contributed by atoms with Crippen molar-refractivity contribution >= 4 is 0 Å². The first-order chi connectivity index (χ1) is 15.7. The summed E-state index contributed by atoms with van der Waals surface area (Å²) in [6.07, 6.45) is 5.07. The Bertz CT molecular complexity index is 837. The quantitative estimate of drug-likeness (QED) is 0.421. The van der Waals surface area contributed by atoms with Crippen LogP contribution < -0.4 is 0 Å². The molecule has 4 rings (SSSR count). The van der Waals surface area contributed by atoms with Crippen LogP contribution in [0.5, 0.6) is 0 Å². The normalized spacial score (nSPS) is 26.2. The van der Waals surface area contributed by atoms with Gasteiger partial charge < -0.3 is 18.9 Å². The zero-order chi connectivity index (χ0) is 22.3. The molecule has 174 valence electrons. The molecule has 2 heterocycles. The second-order valence-corrected chi connectivity index (χ2v) is 8.99. The zero-order valence-corrected chi connectivity index (χ0v) is 19.2. The van der Waals surface area contributed by atoms with E-state index in [0.29, 0.717) is 30.6 Å². The van der Waals surface area contributed by atoms with Crippen LogP contribution in [0.3, 0.4) is 0 Å². The first-order valence-electron chi connectivity index (χ1n) is 12.0. The second-order valence-electron chi connectivity index (χ2n) is 8.99. The summed E-state index contributed by atoms with van der Waals surface area (Å²) in [5, 5.41) is 0. The largest absolute Gasteiger partial charge is 0.348 e. The maximum absolute atomic E-state index is 14.9.